The van der Waals surface area contributed by atoms with Crippen LogP contribution in [0.25, 0.3) is 0 Å². The van der Waals surface area contributed by atoms with Crippen LogP contribution in [-0.4, -0.2) is 43.5 Å². The van der Waals surface area contributed by atoms with Crippen LogP contribution in [0.3, 0.4) is 0 Å². The number of ether oxygens (including phenoxy) is 2. The Morgan fingerprint density at radius 3 is 2.21 bits per heavy atom. The molecule has 19 heavy (non-hydrogen) atoms. The molecule has 0 aromatic heterocycles. The smallest absolute Gasteiger partial charge is 0.337 e. The van der Waals surface area contributed by atoms with Crippen LogP contribution < -0.4 is 5.32 Å². The molecule has 0 radical (unpaired) electrons. The number of halogens is 2. The SMILES string of the molecule is COC(=O)CC(=O)NC1(C(=O)OC)CCCC1(F)F. The van der Waals surface area contributed by atoms with Gasteiger partial charge in [0.25, 0.3) is 5.92 Å². The molecule has 0 saturated heterocycles. The molecule has 0 aromatic rings. The largest absolute Gasteiger partial charge is 0.469 e. The predicted molar refractivity (Wildman–Crippen MR) is 58.3 cm³/mol. The normalized spacial score (nSPS) is 24.6. The van der Waals surface area contributed by atoms with Gasteiger partial charge in [-0.3, -0.25) is 9.59 Å². The number of alkyl halides is 2. The molecule has 0 aliphatic heterocycles. The highest BCUT2D eigenvalue weighted by atomic mass is 19.3. The van der Waals surface area contributed by atoms with Gasteiger partial charge >= 0.3 is 11.9 Å². The van der Waals surface area contributed by atoms with Crippen LogP contribution in [0.2, 0.25) is 0 Å². The van der Waals surface area contributed by atoms with E-state index in [1.54, 1.807) is 0 Å². The average Bonchev–Trinajstić information content (AvgIpc) is 2.64. The molecular formula is C11H15F2NO5. The minimum atomic E-state index is -3.41. The Morgan fingerprint density at radius 1 is 1.16 bits per heavy atom. The van der Waals surface area contributed by atoms with E-state index in [1.165, 1.54) is 0 Å². The van der Waals surface area contributed by atoms with Crippen molar-refractivity contribution in [2.24, 2.45) is 0 Å². The summed E-state index contributed by atoms with van der Waals surface area (Å²) in [6.45, 7) is 0. The maximum atomic E-state index is 13.8. The van der Waals surface area contributed by atoms with Crippen LogP contribution in [0.4, 0.5) is 8.78 Å². The van der Waals surface area contributed by atoms with Crippen molar-refractivity contribution in [2.75, 3.05) is 14.2 Å². The van der Waals surface area contributed by atoms with Crippen molar-refractivity contribution in [3.8, 4) is 0 Å². The number of carbonyl (C=O) groups excluding carboxylic acids is 3. The Morgan fingerprint density at radius 2 is 1.79 bits per heavy atom. The zero-order valence-corrected chi connectivity index (χ0v) is 10.6. The van der Waals surface area contributed by atoms with Gasteiger partial charge in [0.1, 0.15) is 6.42 Å². The molecule has 6 nitrogen and oxygen atoms in total. The number of nitrogens with one attached hydrogen (secondary N) is 1. The lowest BCUT2D eigenvalue weighted by Gasteiger charge is -2.32. The van der Waals surface area contributed by atoms with Crippen molar-refractivity contribution >= 4 is 17.8 Å². The molecule has 1 fully saturated rings. The second kappa shape index (κ2) is 5.50. The molecule has 1 N–H and O–H groups in total. The summed E-state index contributed by atoms with van der Waals surface area (Å²) in [7, 11) is 2.03. The van der Waals surface area contributed by atoms with E-state index in [-0.39, 0.29) is 12.8 Å². The molecule has 0 bridgehead atoms. The molecule has 1 saturated carbocycles. The number of carbonyl (C=O) groups is 3. The Kier molecular flexibility index (Phi) is 4.43. The van der Waals surface area contributed by atoms with Gasteiger partial charge in [-0.15, -0.1) is 0 Å². The van der Waals surface area contributed by atoms with E-state index in [4.69, 9.17) is 0 Å². The zero-order valence-electron chi connectivity index (χ0n) is 10.6. The molecule has 108 valence electrons. The first kappa shape index (κ1) is 15.3. The molecule has 0 spiro atoms. The number of hydrogen-bond donors (Lipinski definition) is 1. The van der Waals surface area contributed by atoms with Crippen molar-refractivity contribution in [3.63, 3.8) is 0 Å². The number of amides is 1. The number of methoxy groups -OCH3 is 2. The minimum Gasteiger partial charge on any atom is -0.469 e. The maximum absolute atomic E-state index is 13.8. The Labute approximate surface area is 108 Å². The predicted octanol–water partition coefficient (Wildman–Crippen LogP) is 0.397. The van der Waals surface area contributed by atoms with Gasteiger partial charge in [0.05, 0.1) is 14.2 Å². The number of hydrogen-bond acceptors (Lipinski definition) is 5. The van der Waals surface area contributed by atoms with E-state index in [2.05, 4.69) is 9.47 Å². The fourth-order valence-electron chi connectivity index (χ4n) is 2.09. The lowest BCUT2D eigenvalue weighted by molar-refractivity contribution is -0.168. The van der Waals surface area contributed by atoms with E-state index < -0.39 is 42.1 Å². The van der Waals surface area contributed by atoms with Crippen LogP contribution in [0, 0.1) is 0 Å². The van der Waals surface area contributed by atoms with E-state index in [9.17, 15) is 23.2 Å². The van der Waals surface area contributed by atoms with Gasteiger partial charge < -0.3 is 14.8 Å². The summed E-state index contributed by atoms with van der Waals surface area (Å²) in [5, 5.41) is 1.93. The third-order valence-electron chi connectivity index (χ3n) is 3.09. The number of esters is 2. The van der Waals surface area contributed by atoms with Gasteiger partial charge in [0.2, 0.25) is 11.4 Å². The van der Waals surface area contributed by atoms with Crippen molar-refractivity contribution < 1.29 is 32.6 Å². The fourth-order valence-corrected chi connectivity index (χ4v) is 2.09. The standard InChI is InChI=1S/C11H15F2NO5/c1-18-8(16)6-7(15)14-10(9(17)19-2)4-3-5-11(10,12)13/h3-6H2,1-2H3,(H,14,15). The maximum Gasteiger partial charge on any atom is 0.337 e. The highest BCUT2D eigenvalue weighted by Crippen LogP contribution is 2.44. The van der Waals surface area contributed by atoms with Crippen molar-refractivity contribution in [1.29, 1.82) is 0 Å². The summed E-state index contributed by atoms with van der Waals surface area (Å²) >= 11 is 0. The van der Waals surface area contributed by atoms with Crippen LogP contribution >= 0.6 is 0 Å². The lowest BCUT2D eigenvalue weighted by Crippen LogP contribution is -2.63. The van der Waals surface area contributed by atoms with Gasteiger partial charge in [-0.2, -0.15) is 0 Å². The van der Waals surface area contributed by atoms with Gasteiger partial charge in [0, 0.05) is 6.42 Å². The highest BCUT2D eigenvalue weighted by molar-refractivity contribution is 5.97. The summed E-state index contributed by atoms with van der Waals surface area (Å²) in [5.41, 5.74) is -2.40. The molecule has 1 unspecified atom stereocenters. The van der Waals surface area contributed by atoms with E-state index in [0.717, 1.165) is 14.2 Å². The van der Waals surface area contributed by atoms with Gasteiger partial charge in [-0.1, -0.05) is 0 Å². The summed E-state index contributed by atoms with van der Waals surface area (Å²) in [6.07, 6.45) is -1.42. The Hall–Kier alpha value is -1.73. The topological polar surface area (TPSA) is 81.7 Å². The lowest BCUT2D eigenvalue weighted by atomic mass is 9.93. The summed E-state index contributed by atoms with van der Waals surface area (Å²) in [6, 6.07) is 0. The summed E-state index contributed by atoms with van der Waals surface area (Å²) in [4.78, 5) is 34.1. The van der Waals surface area contributed by atoms with E-state index in [0.29, 0.717) is 0 Å². The van der Waals surface area contributed by atoms with Crippen LogP contribution in [0.5, 0.6) is 0 Å². The Bertz CT molecular complexity index is 399. The number of rotatable bonds is 4. The highest BCUT2D eigenvalue weighted by Gasteiger charge is 2.64. The molecule has 1 aliphatic carbocycles. The summed E-state index contributed by atoms with van der Waals surface area (Å²) < 4.78 is 36.3. The second-order valence-corrected chi connectivity index (χ2v) is 4.26. The monoisotopic (exact) mass is 279 g/mol. The van der Waals surface area contributed by atoms with Crippen molar-refractivity contribution in [3.05, 3.63) is 0 Å². The Balaban J connectivity index is 2.91. The summed E-state index contributed by atoms with van der Waals surface area (Å²) in [5.74, 6) is -6.50. The van der Waals surface area contributed by atoms with Crippen molar-refractivity contribution in [1.82, 2.24) is 5.32 Å². The van der Waals surface area contributed by atoms with Gasteiger partial charge in [-0.25, -0.2) is 13.6 Å². The molecule has 1 atom stereocenters. The first-order chi connectivity index (χ1) is 8.79. The molecule has 1 rings (SSSR count). The minimum absolute atomic E-state index is 0.0700. The van der Waals surface area contributed by atoms with Crippen LogP contribution in [0.1, 0.15) is 25.7 Å². The third-order valence-corrected chi connectivity index (χ3v) is 3.09. The first-order valence-corrected chi connectivity index (χ1v) is 5.63. The molecule has 8 heteroatoms. The molecule has 1 aliphatic rings. The van der Waals surface area contributed by atoms with Crippen LogP contribution in [0.15, 0.2) is 0 Å². The van der Waals surface area contributed by atoms with E-state index in [1.807, 2.05) is 5.32 Å². The van der Waals surface area contributed by atoms with Gasteiger partial charge in [0.15, 0.2) is 0 Å². The molecule has 1 amide bonds. The van der Waals surface area contributed by atoms with E-state index >= 15 is 0 Å². The quantitative estimate of drug-likeness (QED) is 0.595. The molecule has 0 aromatic carbocycles. The second-order valence-electron chi connectivity index (χ2n) is 4.26. The average molecular weight is 279 g/mol. The third kappa shape index (κ3) is 2.82. The first-order valence-electron chi connectivity index (χ1n) is 5.63. The zero-order chi connectivity index (χ0) is 14.7. The molecule has 0 heterocycles. The molecular weight excluding hydrogens is 264 g/mol. The van der Waals surface area contributed by atoms with Crippen LogP contribution in [-0.2, 0) is 23.9 Å². The van der Waals surface area contributed by atoms with Gasteiger partial charge in [-0.05, 0) is 12.8 Å². The fraction of sp³-hybridized carbons (Fsp3) is 0.727. The van der Waals surface area contributed by atoms with Crippen molar-refractivity contribution in [2.45, 2.75) is 37.1 Å².